The van der Waals surface area contributed by atoms with Crippen molar-refractivity contribution in [3.05, 3.63) is 40.2 Å². The van der Waals surface area contributed by atoms with Gasteiger partial charge < -0.3 is 19.2 Å². The van der Waals surface area contributed by atoms with Gasteiger partial charge in [0.1, 0.15) is 16.9 Å². The SMILES string of the molecule is Cc1cc(=O)oc2cc(OCC(=O)OCC(=O)N[C@@](C)(C#N)C(C)C)ccc12. The summed E-state index contributed by atoms with van der Waals surface area (Å²) in [5.74, 6) is -1.12. The average molecular weight is 386 g/mol. The molecule has 0 aliphatic carbocycles. The zero-order valence-corrected chi connectivity index (χ0v) is 16.2. The number of esters is 1. The number of nitriles is 1. The summed E-state index contributed by atoms with van der Waals surface area (Å²) in [7, 11) is 0. The van der Waals surface area contributed by atoms with E-state index < -0.39 is 36.3 Å². The van der Waals surface area contributed by atoms with Crippen LogP contribution in [-0.2, 0) is 14.3 Å². The van der Waals surface area contributed by atoms with E-state index in [1.165, 1.54) is 12.1 Å². The molecule has 0 saturated heterocycles. The van der Waals surface area contributed by atoms with Crippen molar-refractivity contribution in [1.29, 1.82) is 5.26 Å². The highest BCUT2D eigenvalue weighted by Crippen LogP contribution is 2.22. The zero-order valence-electron chi connectivity index (χ0n) is 16.2. The van der Waals surface area contributed by atoms with Crippen LogP contribution in [0.15, 0.2) is 33.5 Å². The number of nitrogens with one attached hydrogen (secondary N) is 1. The maximum absolute atomic E-state index is 11.9. The number of rotatable bonds is 7. The van der Waals surface area contributed by atoms with Crippen LogP contribution in [0.5, 0.6) is 5.75 Å². The van der Waals surface area contributed by atoms with Crippen LogP contribution in [0.1, 0.15) is 26.3 Å². The fourth-order valence-electron chi connectivity index (χ4n) is 2.35. The van der Waals surface area contributed by atoms with Gasteiger partial charge in [0.05, 0.1) is 6.07 Å². The topological polar surface area (TPSA) is 119 Å². The number of nitrogens with zero attached hydrogens (tertiary/aromatic N) is 1. The minimum Gasteiger partial charge on any atom is -0.482 e. The van der Waals surface area contributed by atoms with Crippen molar-refractivity contribution in [3.63, 3.8) is 0 Å². The fraction of sp³-hybridized carbons (Fsp3) is 0.400. The van der Waals surface area contributed by atoms with Gasteiger partial charge >= 0.3 is 11.6 Å². The lowest BCUT2D eigenvalue weighted by atomic mass is 9.90. The number of fused-ring (bicyclic) bond motifs is 1. The molecule has 2 aromatic rings. The highest BCUT2D eigenvalue weighted by molar-refractivity contribution is 5.82. The monoisotopic (exact) mass is 386 g/mol. The summed E-state index contributed by atoms with van der Waals surface area (Å²) < 4.78 is 15.3. The van der Waals surface area contributed by atoms with Crippen molar-refractivity contribution >= 4 is 22.8 Å². The fourth-order valence-corrected chi connectivity index (χ4v) is 2.35. The number of ether oxygens (including phenoxy) is 2. The molecular formula is C20H22N2O6. The first-order valence-electron chi connectivity index (χ1n) is 8.70. The largest absolute Gasteiger partial charge is 0.482 e. The number of hydrogen-bond donors (Lipinski definition) is 1. The number of hydrogen-bond acceptors (Lipinski definition) is 7. The molecule has 0 spiro atoms. The van der Waals surface area contributed by atoms with Gasteiger partial charge in [-0.2, -0.15) is 5.26 Å². The molecule has 0 aliphatic rings. The Morgan fingerprint density at radius 1 is 1.29 bits per heavy atom. The Bertz CT molecular complexity index is 988. The maximum Gasteiger partial charge on any atom is 0.344 e. The molecule has 0 radical (unpaired) electrons. The van der Waals surface area contributed by atoms with Gasteiger partial charge in [0.25, 0.3) is 5.91 Å². The van der Waals surface area contributed by atoms with Crippen LogP contribution in [0.2, 0.25) is 0 Å². The Morgan fingerprint density at radius 3 is 2.64 bits per heavy atom. The van der Waals surface area contributed by atoms with Crippen molar-refractivity contribution in [2.24, 2.45) is 5.92 Å². The number of benzene rings is 1. The average Bonchev–Trinajstić information content (AvgIpc) is 2.63. The van der Waals surface area contributed by atoms with Gasteiger partial charge in [0.2, 0.25) is 0 Å². The lowest BCUT2D eigenvalue weighted by molar-refractivity contribution is -0.150. The summed E-state index contributed by atoms with van der Waals surface area (Å²) in [6, 6.07) is 8.29. The van der Waals surface area contributed by atoms with E-state index in [2.05, 4.69) is 5.32 Å². The molecule has 0 unspecified atom stereocenters. The molecular weight excluding hydrogens is 364 g/mol. The van der Waals surface area contributed by atoms with Gasteiger partial charge in [0, 0.05) is 17.5 Å². The third kappa shape index (κ3) is 5.10. The number of aryl methyl sites for hydroxylation is 1. The van der Waals surface area contributed by atoms with Crippen LogP contribution in [-0.4, -0.2) is 30.6 Å². The first-order valence-corrected chi connectivity index (χ1v) is 8.70. The van der Waals surface area contributed by atoms with E-state index in [1.54, 1.807) is 39.8 Å². The molecule has 0 aliphatic heterocycles. The molecule has 1 aromatic heterocycles. The van der Waals surface area contributed by atoms with E-state index in [9.17, 15) is 19.6 Å². The minimum absolute atomic E-state index is 0.114. The Labute approximate surface area is 162 Å². The molecule has 2 rings (SSSR count). The standard InChI is InChI=1S/C20H22N2O6/c1-12(2)20(4,11-21)22-17(23)9-27-19(25)10-26-14-5-6-15-13(3)7-18(24)28-16(15)8-14/h5-8,12H,9-10H2,1-4H3,(H,22,23)/t20-/m0/s1. The van der Waals surface area contributed by atoms with Crippen LogP contribution in [0.25, 0.3) is 11.0 Å². The highest BCUT2D eigenvalue weighted by Gasteiger charge is 2.30. The van der Waals surface area contributed by atoms with Gasteiger partial charge in [-0.25, -0.2) is 9.59 Å². The Balaban J connectivity index is 1.89. The van der Waals surface area contributed by atoms with E-state index in [1.807, 2.05) is 6.07 Å². The molecule has 28 heavy (non-hydrogen) atoms. The number of amides is 1. The summed E-state index contributed by atoms with van der Waals surface area (Å²) in [5.41, 5.74) is -0.403. The van der Waals surface area contributed by atoms with Crippen molar-refractivity contribution in [2.45, 2.75) is 33.2 Å². The van der Waals surface area contributed by atoms with Crippen molar-refractivity contribution in [1.82, 2.24) is 5.32 Å². The normalized spacial score (nSPS) is 12.9. The zero-order chi connectivity index (χ0) is 20.9. The third-order valence-corrected chi connectivity index (χ3v) is 4.43. The Morgan fingerprint density at radius 2 is 2.00 bits per heavy atom. The molecule has 1 heterocycles. The summed E-state index contributed by atoms with van der Waals surface area (Å²) in [5, 5.41) is 12.5. The summed E-state index contributed by atoms with van der Waals surface area (Å²) >= 11 is 0. The first kappa shape index (κ1) is 21.0. The summed E-state index contributed by atoms with van der Waals surface area (Å²) in [6.07, 6.45) is 0. The Kier molecular flexibility index (Phi) is 6.41. The van der Waals surface area contributed by atoms with Crippen LogP contribution < -0.4 is 15.7 Å². The quantitative estimate of drug-likeness (QED) is 0.571. The molecule has 1 N–H and O–H groups in total. The van der Waals surface area contributed by atoms with Crippen molar-refractivity contribution in [3.8, 4) is 11.8 Å². The third-order valence-electron chi connectivity index (χ3n) is 4.43. The van der Waals surface area contributed by atoms with Gasteiger partial charge in [-0.1, -0.05) is 13.8 Å². The van der Waals surface area contributed by atoms with Crippen LogP contribution in [0.3, 0.4) is 0 Å². The molecule has 1 amide bonds. The predicted molar refractivity (Wildman–Crippen MR) is 101 cm³/mol. The van der Waals surface area contributed by atoms with Crippen LogP contribution >= 0.6 is 0 Å². The van der Waals surface area contributed by atoms with E-state index in [0.717, 1.165) is 10.9 Å². The van der Waals surface area contributed by atoms with Gasteiger partial charge in [-0.15, -0.1) is 0 Å². The summed E-state index contributed by atoms with van der Waals surface area (Å²) in [4.78, 5) is 35.1. The van der Waals surface area contributed by atoms with Gasteiger partial charge in [-0.3, -0.25) is 4.79 Å². The lowest BCUT2D eigenvalue weighted by Crippen LogP contribution is -2.50. The van der Waals surface area contributed by atoms with Crippen LogP contribution in [0, 0.1) is 24.2 Å². The molecule has 0 fully saturated rings. The second-order valence-electron chi connectivity index (χ2n) is 6.87. The molecule has 8 heteroatoms. The molecule has 1 atom stereocenters. The van der Waals surface area contributed by atoms with Crippen LogP contribution in [0.4, 0.5) is 0 Å². The smallest absolute Gasteiger partial charge is 0.344 e. The molecule has 148 valence electrons. The number of carbonyl (C=O) groups excluding carboxylic acids is 2. The molecule has 0 saturated carbocycles. The second kappa shape index (κ2) is 8.57. The van der Waals surface area contributed by atoms with E-state index in [0.29, 0.717) is 11.3 Å². The molecule has 8 nitrogen and oxygen atoms in total. The van der Waals surface area contributed by atoms with E-state index in [-0.39, 0.29) is 5.92 Å². The minimum atomic E-state index is -1.05. The predicted octanol–water partition coefficient (Wildman–Crippen LogP) is 2.08. The lowest BCUT2D eigenvalue weighted by Gasteiger charge is -2.27. The van der Waals surface area contributed by atoms with Crippen molar-refractivity contribution < 1.29 is 23.5 Å². The molecule has 0 bridgehead atoms. The molecule has 1 aromatic carbocycles. The first-order chi connectivity index (χ1) is 13.1. The maximum atomic E-state index is 11.9. The van der Waals surface area contributed by atoms with E-state index >= 15 is 0 Å². The summed E-state index contributed by atoms with van der Waals surface area (Å²) in [6.45, 7) is 6.05. The Hall–Kier alpha value is -3.34. The second-order valence-corrected chi connectivity index (χ2v) is 6.87. The van der Waals surface area contributed by atoms with Gasteiger partial charge in [0.15, 0.2) is 13.2 Å². The van der Waals surface area contributed by atoms with Crippen molar-refractivity contribution in [2.75, 3.05) is 13.2 Å². The number of carbonyl (C=O) groups is 2. The van der Waals surface area contributed by atoms with E-state index in [4.69, 9.17) is 13.9 Å². The van der Waals surface area contributed by atoms with Gasteiger partial charge in [-0.05, 0) is 37.5 Å². The highest BCUT2D eigenvalue weighted by atomic mass is 16.6.